The number of hydrogen-bond acceptors (Lipinski definition) is 4. The standard InChI is InChI=1S/C14H16FN3O3/c15-13-8(5-16)1-2-9-6-18(14(21)12(9)13)10(7-19)3-4-11(17)20/h1-2,7,10H,3-6,16H2,(H2,17,20). The summed E-state index contributed by atoms with van der Waals surface area (Å²) in [5, 5.41) is 0. The van der Waals surface area contributed by atoms with Gasteiger partial charge in [-0.2, -0.15) is 0 Å². The quantitative estimate of drug-likeness (QED) is 0.724. The molecule has 2 rings (SSSR count). The maximum Gasteiger partial charge on any atom is 0.258 e. The topological polar surface area (TPSA) is 106 Å². The van der Waals surface area contributed by atoms with E-state index in [4.69, 9.17) is 11.5 Å². The molecule has 1 heterocycles. The average Bonchev–Trinajstić information content (AvgIpc) is 2.78. The Kier molecular flexibility index (Phi) is 4.32. The minimum atomic E-state index is -0.793. The fourth-order valence-corrected chi connectivity index (χ4v) is 2.43. The van der Waals surface area contributed by atoms with Gasteiger partial charge in [0.15, 0.2) is 0 Å². The Hall–Kier alpha value is -2.28. The first kappa shape index (κ1) is 15.1. The van der Waals surface area contributed by atoms with Gasteiger partial charge in [0.05, 0.1) is 11.6 Å². The van der Waals surface area contributed by atoms with Crippen molar-refractivity contribution in [3.63, 3.8) is 0 Å². The Morgan fingerprint density at radius 1 is 1.48 bits per heavy atom. The lowest BCUT2D eigenvalue weighted by Crippen LogP contribution is -2.37. The van der Waals surface area contributed by atoms with Crippen molar-refractivity contribution in [3.8, 4) is 0 Å². The highest BCUT2D eigenvalue weighted by Crippen LogP contribution is 2.29. The van der Waals surface area contributed by atoms with Gasteiger partial charge in [-0.25, -0.2) is 4.39 Å². The molecule has 6 nitrogen and oxygen atoms in total. The fraction of sp³-hybridized carbons (Fsp3) is 0.357. The van der Waals surface area contributed by atoms with Gasteiger partial charge in [-0.3, -0.25) is 9.59 Å². The van der Waals surface area contributed by atoms with Gasteiger partial charge in [-0.05, 0) is 12.0 Å². The lowest BCUT2D eigenvalue weighted by molar-refractivity contribution is -0.118. The Labute approximate surface area is 120 Å². The molecule has 21 heavy (non-hydrogen) atoms. The van der Waals surface area contributed by atoms with Crippen LogP contribution in [0, 0.1) is 5.82 Å². The summed E-state index contributed by atoms with van der Waals surface area (Å²) in [7, 11) is 0. The highest BCUT2D eigenvalue weighted by atomic mass is 19.1. The Bertz CT molecular complexity index is 603. The zero-order chi connectivity index (χ0) is 15.6. The van der Waals surface area contributed by atoms with Crippen LogP contribution in [0.4, 0.5) is 4.39 Å². The summed E-state index contributed by atoms with van der Waals surface area (Å²) in [5.74, 6) is -1.75. The molecule has 4 N–H and O–H groups in total. The number of aldehydes is 1. The van der Waals surface area contributed by atoms with E-state index in [2.05, 4.69) is 0 Å². The zero-order valence-corrected chi connectivity index (χ0v) is 11.3. The van der Waals surface area contributed by atoms with E-state index in [-0.39, 0.29) is 37.1 Å². The van der Waals surface area contributed by atoms with Crippen molar-refractivity contribution in [2.75, 3.05) is 0 Å². The molecule has 0 bridgehead atoms. The number of halogens is 1. The van der Waals surface area contributed by atoms with Crippen LogP contribution in [0.2, 0.25) is 0 Å². The van der Waals surface area contributed by atoms with Crippen LogP contribution < -0.4 is 11.5 Å². The minimum absolute atomic E-state index is 0.00875. The van der Waals surface area contributed by atoms with Crippen molar-refractivity contribution in [1.29, 1.82) is 0 Å². The van der Waals surface area contributed by atoms with Crippen LogP contribution in [0.1, 0.15) is 34.3 Å². The number of hydrogen-bond donors (Lipinski definition) is 2. The largest absolute Gasteiger partial charge is 0.370 e. The van der Waals surface area contributed by atoms with Crippen molar-refractivity contribution in [2.45, 2.75) is 32.0 Å². The SMILES string of the molecule is NCc1ccc2c(c1F)C(=O)N(C(C=O)CCC(N)=O)C2. The molecule has 0 fully saturated rings. The zero-order valence-electron chi connectivity index (χ0n) is 11.3. The van der Waals surface area contributed by atoms with E-state index in [9.17, 15) is 18.8 Å². The molecule has 0 radical (unpaired) electrons. The number of rotatable bonds is 6. The molecule has 0 saturated carbocycles. The number of amides is 2. The lowest BCUT2D eigenvalue weighted by Gasteiger charge is -2.22. The molecular formula is C14H16FN3O3. The van der Waals surface area contributed by atoms with E-state index in [0.717, 1.165) is 0 Å². The smallest absolute Gasteiger partial charge is 0.258 e. The monoisotopic (exact) mass is 293 g/mol. The number of fused-ring (bicyclic) bond motifs is 1. The Morgan fingerprint density at radius 3 is 2.76 bits per heavy atom. The second-order valence-electron chi connectivity index (χ2n) is 4.92. The lowest BCUT2D eigenvalue weighted by atomic mass is 10.1. The van der Waals surface area contributed by atoms with Gasteiger partial charge < -0.3 is 21.2 Å². The van der Waals surface area contributed by atoms with Crippen molar-refractivity contribution < 1.29 is 18.8 Å². The summed E-state index contributed by atoms with van der Waals surface area (Å²) in [4.78, 5) is 35.5. The van der Waals surface area contributed by atoms with Gasteiger partial charge in [0.1, 0.15) is 12.1 Å². The first-order valence-electron chi connectivity index (χ1n) is 6.54. The highest BCUT2D eigenvalue weighted by molar-refractivity contribution is 6.00. The van der Waals surface area contributed by atoms with Crippen LogP contribution in [-0.4, -0.2) is 29.0 Å². The third kappa shape index (κ3) is 2.78. The molecule has 1 aromatic carbocycles. The number of carbonyl (C=O) groups is 3. The van der Waals surface area contributed by atoms with Gasteiger partial charge in [0, 0.05) is 25.1 Å². The van der Waals surface area contributed by atoms with Gasteiger partial charge in [0.25, 0.3) is 5.91 Å². The van der Waals surface area contributed by atoms with E-state index in [1.807, 2.05) is 0 Å². The van der Waals surface area contributed by atoms with Crippen molar-refractivity contribution in [2.24, 2.45) is 11.5 Å². The van der Waals surface area contributed by atoms with Crippen LogP contribution >= 0.6 is 0 Å². The van der Waals surface area contributed by atoms with E-state index in [0.29, 0.717) is 11.8 Å². The first-order chi connectivity index (χ1) is 9.99. The predicted octanol–water partition coefficient (Wildman–Crippen LogP) is 0.0732. The molecular weight excluding hydrogens is 277 g/mol. The predicted molar refractivity (Wildman–Crippen MR) is 72.4 cm³/mol. The van der Waals surface area contributed by atoms with Crippen molar-refractivity contribution >= 4 is 18.1 Å². The molecule has 1 aliphatic rings. The number of benzene rings is 1. The van der Waals surface area contributed by atoms with Crippen LogP contribution in [0.25, 0.3) is 0 Å². The van der Waals surface area contributed by atoms with Crippen LogP contribution in [-0.2, 0) is 22.7 Å². The van der Waals surface area contributed by atoms with Crippen LogP contribution in [0.15, 0.2) is 12.1 Å². The summed E-state index contributed by atoms with van der Waals surface area (Å²) in [5.41, 5.74) is 11.2. The molecule has 7 heteroatoms. The number of nitrogens with zero attached hydrogens (tertiary/aromatic N) is 1. The third-order valence-electron chi connectivity index (χ3n) is 3.59. The van der Waals surface area contributed by atoms with Crippen molar-refractivity contribution in [3.05, 3.63) is 34.6 Å². The summed E-state index contributed by atoms with van der Waals surface area (Å²) >= 11 is 0. The molecule has 112 valence electrons. The first-order valence-corrected chi connectivity index (χ1v) is 6.54. The number of nitrogens with two attached hydrogens (primary N) is 2. The van der Waals surface area contributed by atoms with Crippen molar-refractivity contribution in [1.82, 2.24) is 4.90 Å². The Morgan fingerprint density at radius 2 is 2.19 bits per heavy atom. The van der Waals surface area contributed by atoms with Gasteiger partial charge in [-0.15, -0.1) is 0 Å². The molecule has 1 atom stereocenters. The van der Waals surface area contributed by atoms with E-state index < -0.39 is 23.7 Å². The maximum atomic E-state index is 14.2. The van der Waals surface area contributed by atoms with Gasteiger partial charge in [-0.1, -0.05) is 12.1 Å². The minimum Gasteiger partial charge on any atom is -0.370 e. The van der Waals surface area contributed by atoms with Crippen LogP contribution in [0.3, 0.4) is 0 Å². The molecule has 1 aromatic rings. The second-order valence-corrected chi connectivity index (χ2v) is 4.92. The summed E-state index contributed by atoms with van der Waals surface area (Å²) in [6.45, 7) is 0.128. The molecule has 1 unspecified atom stereocenters. The normalized spacial score (nSPS) is 15.0. The highest BCUT2D eigenvalue weighted by Gasteiger charge is 2.35. The van der Waals surface area contributed by atoms with E-state index in [1.165, 1.54) is 11.0 Å². The summed E-state index contributed by atoms with van der Waals surface area (Å²) in [6, 6.07) is 2.37. The average molecular weight is 293 g/mol. The van der Waals surface area contributed by atoms with E-state index >= 15 is 0 Å². The second kappa shape index (κ2) is 6.01. The summed E-state index contributed by atoms with van der Waals surface area (Å²) < 4.78 is 14.2. The molecule has 2 amide bonds. The van der Waals surface area contributed by atoms with Crippen LogP contribution in [0.5, 0.6) is 0 Å². The molecule has 0 aromatic heterocycles. The fourth-order valence-electron chi connectivity index (χ4n) is 2.43. The number of primary amides is 1. The Balaban J connectivity index is 2.27. The molecule has 0 saturated heterocycles. The summed E-state index contributed by atoms with van der Waals surface area (Å²) in [6.07, 6.45) is 0.693. The number of carbonyl (C=O) groups excluding carboxylic acids is 3. The maximum absolute atomic E-state index is 14.2. The molecule has 0 spiro atoms. The van der Waals surface area contributed by atoms with Gasteiger partial charge in [0.2, 0.25) is 5.91 Å². The molecule has 1 aliphatic heterocycles. The van der Waals surface area contributed by atoms with E-state index in [1.54, 1.807) is 6.07 Å². The molecule has 0 aliphatic carbocycles. The van der Waals surface area contributed by atoms with Gasteiger partial charge >= 0.3 is 0 Å². The third-order valence-corrected chi connectivity index (χ3v) is 3.59.